The van der Waals surface area contributed by atoms with E-state index in [1.165, 1.54) is 6.92 Å². The molecule has 0 radical (unpaired) electrons. The Morgan fingerprint density at radius 1 is 1.39 bits per heavy atom. The lowest BCUT2D eigenvalue weighted by Crippen LogP contribution is -2.27. The van der Waals surface area contributed by atoms with E-state index in [1.807, 2.05) is 24.3 Å². The quantitative estimate of drug-likeness (QED) is 0.809. The maximum absolute atomic E-state index is 10.9. The van der Waals surface area contributed by atoms with Crippen molar-refractivity contribution in [1.29, 1.82) is 5.26 Å². The summed E-state index contributed by atoms with van der Waals surface area (Å²) in [6, 6.07) is 10.1. The summed E-state index contributed by atoms with van der Waals surface area (Å²) in [7, 11) is 0. The first-order valence-electron chi connectivity index (χ1n) is 6.12. The normalized spacial score (nSPS) is 11.6. The van der Waals surface area contributed by atoms with Crippen LogP contribution in [0.2, 0.25) is 0 Å². The molecule has 18 heavy (non-hydrogen) atoms. The Labute approximate surface area is 108 Å². The summed E-state index contributed by atoms with van der Waals surface area (Å²) in [4.78, 5) is 10.9. The molecule has 0 spiro atoms. The molecule has 0 saturated heterocycles. The van der Waals surface area contributed by atoms with Gasteiger partial charge in [-0.15, -0.1) is 0 Å². The van der Waals surface area contributed by atoms with Crippen molar-refractivity contribution in [3.05, 3.63) is 29.8 Å². The van der Waals surface area contributed by atoms with Crippen molar-refractivity contribution in [3.8, 4) is 6.07 Å². The Kier molecular flexibility index (Phi) is 5.89. The molecule has 4 nitrogen and oxygen atoms in total. The fraction of sp³-hybridized carbons (Fsp3) is 0.429. The zero-order valence-corrected chi connectivity index (χ0v) is 10.9. The van der Waals surface area contributed by atoms with Gasteiger partial charge in [0.1, 0.15) is 0 Å². The van der Waals surface area contributed by atoms with Gasteiger partial charge in [0.15, 0.2) is 0 Å². The van der Waals surface area contributed by atoms with Gasteiger partial charge < -0.3 is 10.6 Å². The molecular formula is C14H19N3O. The van der Waals surface area contributed by atoms with E-state index in [1.54, 1.807) is 0 Å². The number of nitrogens with zero attached hydrogens (tertiary/aromatic N) is 1. The van der Waals surface area contributed by atoms with Crippen molar-refractivity contribution < 1.29 is 4.79 Å². The number of benzene rings is 1. The summed E-state index contributed by atoms with van der Waals surface area (Å²) in [5, 5.41) is 14.7. The molecule has 1 amide bonds. The van der Waals surface area contributed by atoms with Gasteiger partial charge in [-0.1, -0.05) is 19.1 Å². The first kappa shape index (κ1) is 14.2. The molecule has 96 valence electrons. The molecule has 0 aromatic heterocycles. The Morgan fingerprint density at radius 3 is 2.56 bits per heavy atom. The molecule has 0 heterocycles. The van der Waals surface area contributed by atoms with Crippen LogP contribution in [-0.2, 0) is 11.3 Å². The molecular weight excluding hydrogens is 226 g/mol. The summed E-state index contributed by atoms with van der Waals surface area (Å²) < 4.78 is 0. The molecule has 0 aliphatic rings. The number of nitriles is 1. The lowest BCUT2D eigenvalue weighted by molar-refractivity contribution is -0.114. The molecule has 0 bridgehead atoms. The monoisotopic (exact) mass is 245 g/mol. The number of rotatable bonds is 6. The van der Waals surface area contributed by atoms with E-state index < -0.39 is 0 Å². The predicted molar refractivity (Wildman–Crippen MR) is 71.9 cm³/mol. The maximum atomic E-state index is 10.9. The zero-order chi connectivity index (χ0) is 13.4. The molecule has 1 rings (SSSR count). The van der Waals surface area contributed by atoms with Crippen molar-refractivity contribution >= 4 is 11.6 Å². The van der Waals surface area contributed by atoms with Gasteiger partial charge >= 0.3 is 0 Å². The topological polar surface area (TPSA) is 64.9 Å². The summed E-state index contributed by atoms with van der Waals surface area (Å²) in [5.41, 5.74) is 1.94. The molecule has 0 saturated carbocycles. The average Bonchev–Trinajstić information content (AvgIpc) is 2.35. The lowest BCUT2D eigenvalue weighted by atomic mass is 10.1. The van der Waals surface area contributed by atoms with E-state index in [4.69, 9.17) is 5.26 Å². The number of carbonyl (C=O) groups is 1. The highest BCUT2D eigenvalue weighted by atomic mass is 16.1. The maximum Gasteiger partial charge on any atom is 0.221 e. The molecule has 0 aliphatic heterocycles. The summed E-state index contributed by atoms with van der Waals surface area (Å²) in [5.74, 6) is -0.0686. The number of hydrogen-bond acceptors (Lipinski definition) is 3. The molecule has 1 unspecified atom stereocenters. The number of anilines is 1. The molecule has 0 fully saturated rings. The van der Waals surface area contributed by atoms with E-state index in [2.05, 4.69) is 23.6 Å². The minimum atomic E-state index is -0.0686. The van der Waals surface area contributed by atoms with Crippen LogP contribution in [0.15, 0.2) is 24.3 Å². The van der Waals surface area contributed by atoms with Gasteiger partial charge in [0.25, 0.3) is 0 Å². The highest BCUT2D eigenvalue weighted by Gasteiger charge is 2.04. The van der Waals surface area contributed by atoms with Crippen molar-refractivity contribution in [2.24, 2.45) is 0 Å². The van der Waals surface area contributed by atoms with Crippen molar-refractivity contribution in [2.45, 2.75) is 39.3 Å². The van der Waals surface area contributed by atoms with E-state index in [0.29, 0.717) is 6.42 Å². The minimum absolute atomic E-state index is 0.0686. The first-order valence-corrected chi connectivity index (χ1v) is 6.12. The summed E-state index contributed by atoms with van der Waals surface area (Å²) >= 11 is 0. The number of carbonyl (C=O) groups excluding carboxylic acids is 1. The van der Waals surface area contributed by atoms with Crippen LogP contribution in [0.4, 0.5) is 5.69 Å². The van der Waals surface area contributed by atoms with Crippen LogP contribution in [0.1, 0.15) is 32.3 Å². The number of hydrogen-bond donors (Lipinski definition) is 2. The van der Waals surface area contributed by atoms with Crippen LogP contribution in [0.25, 0.3) is 0 Å². The van der Waals surface area contributed by atoms with Gasteiger partial charge in [-0.2, -0.15) is 5.26 Å². The second kappa shape index (κ2) is 7.46. The van der Waals surface area contributed by atoms with Crippen LogP contribution >= 0.6 is 0 Å². The molecule has 0 aliphatic carbocycles. The van der Waals surface area contributed by atoms with Crippen LogP contribution in [0.5, 0.6) is 0 Å². The molecule has 1 atom stereocenters. The molecule has 1 aromatic rings. The number of amides is 1. The second-order valence-corrected chi connectivity index (χ2v) is 4.23. The van der Waals surface area contributed by atoms with Gasteiger partial charge in [0.05, 0.1) is 12.5 Å². The fourth-order valence-corrected chi connectivity index (χ4v) is 1.64. The minimum Gasteiger partial charge on any atom is -0.326 e. The predicted octanol–water partition coefficient (Wildman–Crippen LogP) is 2.43. The number of nitrogens with one attached hydrogen (secondary N) is 2. The zero-order valence-electron chi connectivity index (χ0n) is 10.9. The highest BCUT2D eigenvalue weighted by Crippen LogP contribution is 2.10. The third kappa shape index (κ3) is 4.98. The van der Waals surface area contributed by atoms with Crippen LogP contribution in [0, 0.1) is 11.3 Å². The van der Waals surface area contributed by atoms with Gasteiger partial charge in [-0.25, -0.2) is 0 Å². The van der Waals surface area contributed by atoms with Crippen molar-refractivity contribution in [3.63, 3.8) is 0 Å². The molecule has 4 heteroatoms. The third-order valence-corrected chi connectivity index (χ3v) is 2.70. The van der Waals surface area contributed by atoms with Gasteiger partial charge in [0.2, 0.25) is 5.91 Å². The van der Waals surface area contributed by atoms with Gasteiger partial charge in [0, 0.05) is 25.2 Å². The second-order valence-electron chi connectivity index (χ2n) is 4.23. The van der Waals surface area contributed by atoms with E-state index in [-0.39, 0.29) is 11.9 Å². The van der Waals surface area contributed by atoms with E-state index >= 15 is 0 Å². The summed E-state index contributed by atoms with van der Waals surface area (Å²) in [6.07, 6.45) is 1.47. The molecule has 1 aromatic carbocycles. The van der Waals surface area contributed by atoms with Crippen molar-refractivity contribution in [2.75, 3.05) is 5.32 Å². The van der Waals surface area contributed by atoms with Crippen molar-refractivity contribution in [1.82, 2.24) is 5.32 Å². The standard InChI is InChI=1S/C14H19N3O/c1-3-13(8-9-15)16-10-12-4-6-14(7-5-12)17-11(2)18/h4-7,13,16H,3,8,10H2,1-2H3,(H,17,18). The van der Waals surface area contributed by atoms with E-state index in [0.717, 1.165) is 24.2 Å². The van der Waals surface area contributed by atoms with Crippen LogP contribution < -0.4 is 10.6 Å². The highest BCUT2D eigenvalue weighted by molar-refractivity contribution is 5.88. The summed E-state index contributed by atoms with van der Waals surface area (Å²) in [6.45, 7) is 4.29. The Balaban J connectivity index is 2.48. The smallest absolute Gasteiger partial charge is 0.221 e. The Bertz CT molecular complexity index is 420. The van der Waals surface area contributed by atoms with Gasteiger partial charge in [-0.05, 0) is 24.1 Å². The largest absolute Gasteiger partial charge is 0.326 e. The SMILES string of the molecule is CCC(CC#N)NCc1ccc(NC(C)=O)cc1. The average molecular weight is 245 g/mol. The Morgan fingerprint density at radius 2 is 2.06 bits per heavy atom. The molecule has 2 N–H and O–H groups in total. The fourth-order valence-electron chi connectivity index (χ4n) is 1.64. The van der Waals surface area contributed by atoms with E-state index in [9.17, 15) is 4.79 Å². The van der Waals surface area contributed by atoms with Gasteiger partial charge in [-0.3, -0.25) is 4.79 Å². The third-order valence-electron chi connectivity index (χ3n) is 2.70. The van der Waals surface area contributed by atoms with Crippen LogP contribution in [0.3, 0.4) is 0 Å². The van der Waals surface area contributed by atoms with Crippen LogP contribution in [-0.4, -0.2) is 11.9 Å². The lowest BCUT2D eigenvalue weighted by Gasteiger charge is -2.13. The first-order chi connectivity index (χ1) is 8.65. The Hall–Kier alpha value is -1.86.